The van der Waals surface area contributed by atoms with Gasteiger partial charge in [-0.3, -0.25) is 4.79 Å². The number of ether oxygens (including phenoxy) is 1. The highest BCUT2D eigenvalue weighted by Gasteiger charge is 2.22. The third-order valence-electron chi connectivity index (χ3n) is 5.82. The zero-order chi connectivity index (χ0) is 20.1. The second-order valence-corrected chi connectivity index (χ2v) is 7.72. The van der Waals surface area contributed by atoms with Crippen LogP contribution in [-0.4, -0.2) is 55.2 Å². The Morgan fingerprint density at radius 3 is 2.38 bits per heavy atom. The molecule has 1 N–H and O–H groups in total. The third kappa shape index (κ3) is 4.78. The Labute approximate surface area is 172 Å². The Hall–Kier alpha value is -2.83. The van der Waals surface area contributed by atoms with E-state index >= 15 is 0 Å². The van der Waals surface area contributed by atoms with Crippen molar-refractivity contribution in [2.24, 2.45) is 0 Å². The lowest BCUT2D eigenvalue weighted by Crippen LogP contribution is -2.47. The highest BCUT2D eigenvalue weighted by Crippen LogP contribution is 2.22. The third-order valence-corrected chi connectivity index (χ3v) is 5.82. The molecule has 7 nitrogen and oxygen atoms in total. The molecule has 0 atom stereocenters. The van der Waals surface area contributed by atoms with Gasteiger partial charge in [0.15, 0.2) is 0 Å². The minimum Gasteiger partial charge on any atom is -0.497 e. The van der Waals surface area contributed by atoms with Gasteiger partial charge in [-0.2, -0.15) is 0 Å². The number of nitrogens with one attached hydrogen (secondary N) is 1. The second kappa shape index (κ2) is 9.11. The molecule has 154 valence electrons. The van der Waals surface area contributed by atoms with Crippen molar-refractivity contribution in [2.75, 3.05) is 43.1 Å². The van der Waals surface area contributed by atoms with Crippen molar-refractivity contribution in [3.8, 4) is 5.75 Å². The first-order chi connectivity index (χ1) is 14.2. The Kier molecular flexibility index (Phi) is 6.12. The van der Waals surface area contributed by atoms with Gasteiger partial charge in [-0.1, -0.05) is 19.3 Å². The summed E-state index contributed by atoms with van der Waals surface area (Å²) in [5.74, 6) is 1.41. The molecular formula is C22H29N5O2. The Morgan fingerprint density at radius 1 is 1.00 bits per heavy atom. The molecule has 0 spiro atoms. The maximum atomic E-state index is 12.6. The van der Waals surface area contributed by atoms with Crippen molar-refractivity contribution >= 4 is 17.5 Å². The molecule has 1 saturated carbocycles. The van der Waals surface area contributed by atoms with E-state index in [9.17, 15) is 4.79 Å². The molecular weight excluding hydrogens is 366 g/mol. The molecule has 2 heterocycles. The Balaban J connectivity index is 1.35. The number of rotatable bonds is 5. The fourth-order valence-corrected chi connectivity index (χ4v) is 4.09. The molecule has 1 amide bonds. The van der Waals surface area contributed by atoms with Crippen LogP contribution in [0.3, 0.4) is 0 Å². The number of methoxy groups -OCH3 is 1. The smallest absolute Gasteiger partial charge is 0.270 e. The molecule has 1 saturated heterocycles. The lowest BCUT2D eigenvalue weighted by atomic mass is 9.95. The van der Waals surface area contributed by atoms with Crippen molar-refractivity contribution in [1.82, 2.24) is 15.3 Å². The molecule has 1 aromatic heterocycles. The summed E-state index contributed by atoms with van der Waals surface area (Å²) < 4.78 is 5.23. The SMILES string of the molecule is COc1ccc(N2CCN(c3nccc(C(=O)NC4CCCCC4)n3)CC2)cc1. The monoisotopic (exact) mass is 395 g/mol. The summed E-state index contributed by atoms with van der Waals surface area (Å²) in [6.45, 7) is 3.40. The van der Waals surface area contributed by atoms with Gasteiger partial charge in [0.05, 0.1) is 7.11 Å². The minimum absolute atomic E-state index is 0.0857. The highest BCUT2D eigenvalue weighted by atomic mass is 16.5. The van der Waals surface area contributed by atoms with Gasteiger partial charge >= 0.3 is 0 Å². The van der Waals surface area contributed by atoms with Gasteiger partial charge in [0.2, 0.25) is 5.95 Å². The molecule has 2 aromatic rings. The van der Waals surface area contributed by atoms with E-state index in [-0.39, 0.29) is 11.9 Å². The van der Waals surface area contributed by atoms with Crippen LogP contribution >= 0.6 is 0 Å². The summed E-state index contributed by atoms with van der Waals surface area (Å²) in [6, 6.07) is 10.1. The predicted octanol–water partition coefficient (Wildman–Crippen LogP) is 2.87. The van der Waals surface area contributed by atoms with Crippen LogP contribution in [0.15, 0.2) is 36.5 Å². The van der Waals surface area contributed by atoms with E-state index in [0.29, 0.717) is 11.6 Å². The summed E-state index contributed by atoms with van der Waals surface area (Å²) in [5.41, 5.74) is 1.64. The molecule has 29 heavy (non-hydrogen) atoms. The number of hydrogen-bond acceptors (Lipinski definition) is 6. The number of anilines is 2. The minimum atomic E-state index is -0.0857. The number of amides is 1. The van der Waals surface area contributed by atoms with Crippen LogP contribution in [0.1, 0.15) is 42.6 Å². The number of benzene rings is 1. The first-order valence-electron chi connectivity index (χ1n) is 10.5. The average molecular weight is 396 g/mol. The van der Waals surface area contributed by atoms with Crippen LogP contribution in [-0.2, 0) is 0 Å². The Bertz CT molecular complexity index is 812. The number of carbonyl (C=O) groups excluding carboxylic acids is 1. The fourth-order valence-electron chi connectivity index (χ4n) is 4.09. The summed E-state index contributed by atoms with van der Waals surface area (Å²) >= 11 is 0. The second-order valence-electron chi connectivity index (χ2n) is 7.72. The van der Waals surface area contributed by atoms with Crippen LogP contribution in [0.25, 0.3) is 0 Å². The van der Waals surface area contributed by atoms with Crippen LogP contribution < -0.4 is 19.9 Å². The van der Waals surface area contributed by atoms with Gasteiger partial charge < -0.3 is 19.9 Å². The van der Waals surface area contributed by atoms with E-state index in [0.717, 1.165) is 44.8 Å². The average Bonchev–Trinajstić information content (AvgIpc) is 2.80. The van der Waals surface area contributed by atoms with Crippen molar-refractivity contribution in [2.45, 2.75) is 38.1 Å². The number of carbonyl (C=O) groups is 1. The van der Waals surface area contributed by atoms with Crippen molar-refractivity contribution in [3.05, 3.63) is 42.2 Å². The molecule has 2 aliphatic rings. The van der Waals surface area contributed by atoms with Crippen molar-refractivity contribution in [3.63, 3.8) is 0 Å². The molecule has 2 fully saturated rings. The van der Waals surface area contributed by atoms with Gasteiger partial charge in [0.1, 0.15) is 11.4 Å². The summed E-state index contributed by atoms with van der Waals surface area (Å²) in [5, 5.41) is 3.14. The fraction of sp³-hybridized carbons (Fsp3) is 0.500. The number of nitrogens with zero attached hydrogens (tertiary/aromatic N) is 4. The first kappa shape index (κ1) is 19.5. The summed E-state index contributed by atoms with van der Waals surface area (Å²) in [4.78, 5) is 26.1. The lowest BCUT2D eigenvalue weighted by Gasteiger charge is -2.36. The molecule has 7 heteroatoms. The van der Waals surface area contributed by atoms with Crippen molar-refractivity contribution in [1.29, 1.82) is 0 Å². The molecule has 4 rings (SSSR count). The van der Waals surface area contributed by atoms with Crippen molar-refractivity contribution < 1.29 is 9.53 Å². The molecule has 0 radical (unpaired) electrons. The molecule has 0 unspecified atom stereocenters. The predicted molar refractivity (Wildman–Crippen MR) is 114 cm³/mol. The van der Waals surface area contributed by atoms with Gasteiger partial charge in [0, 0.05) is 44.1 Å². The molecule has 1 aliphatic heterocycles. The zero-order valence-electron chi connectivity index (χ0n) is 17.0. The van der Waals surface area contributed by atoms with Crippen LogP contribution in [0.4, 0.5) is 11.6 Å². The van der Waals surface area contributed by atoms with Gasteiger partial charge in [0.25, 0.3) is 5.91 Å². The highest BCUT2D eigenvalue weighted by molar-refractivity contribution is 5.92. The van der Waals surface area contributed by atoms with Gasteiger partial charge in [-0.25, -0.2) is 9.97 Å². The number of hydrogen-bond donors (Lipinski definition) is 1. The van der Waals surface area contributed by atoms with E-state index in [1.54, 1.807) is 19.4 Å². The topological polar surface area (TPSA) is 70.6 Å². The van der Waals surface area contributed by atoms with Crippen LogP contribution in [0.5, 0.6) is 5.75 Å². The molecule has 1 aromatic carbocycles. The quantitative estimate of drug-likeness (QED) is 0.840. The molecule has 1 aliphatic carbocycles. The number of piperazine rings is 1. The summed E-state index contributed by atoms with van der Waals surface area (Å²) in [7, 11) is 1.68. The molecule has 0 bridgehead atoms. The standard InChI is InChI=1S/C22H29N5O2/c1-29-19-9-7-18(8-10-19)26-13-15-27(16-14-26)22-23-12-11-20(25-22)21(28)24-17-5-3-2-4-6-17/h7-12,17H,2-6,13-16H2,1H3,(H,24,28). The van der Waals surface area contributed by atoms with Crippen LogP contribution in [0, 0.1) is 0 Å². The largest absolute Gasteiger partial charge is 0.497 e. The maximum Gasteiger partial charge on any atom is 0.270 e. The van der Waals surface area contributed by atoms with Gasteiger partial charge in [-0.05, 0) is 43.2 Å². The maximum absolute atomic E-state index is 12.6. The van der Waals surface area contributed by atoms with E-state index in [2.05, 4.69) is 37.2 Å². The van der Waals surface area contributed by atoms with E-state index < -0.39 is 0 Å². The van der Waals surface area contributed by atoms with E-state index in [4.69, 9.17) is 4.74 Å². The summed E-state index contributed by atoms with van der Waals surface area (Å²) in [6.07, 6.45) is 7.48. The lowest BCUT2D eigenvalue weighted by molar-refractivity contribution is 0.0922. The van der Waals surface area contributed by atoms with Crippen LogP contribution in [0.2, 0.25) is 0 Å². The zero-order valence-corrected chi connectivity index (χ0v) is 17.0. The normalized spacial score (nSPS) is 17.8. The Morgan fingerprint density at radius 2 is 1.69 bits per heavy atom. The number of aromatic nitrogens is 2. The first-order valence-corrected chi connectivity index (χ1v) is 10.5. The van der Waals surface area contributed by atoms with E-state index in [1.165, 1.54) is 24.9 Å². The van der Waals surface area contributed by atoms with E-state index in [1.807, 2.05) is 12.1 Å². The van der Waals surface area contributed by atoms with Gasteiger partial charge in [-0.15, -0.1) is 0 Å².